The average Bonchev–Trinajstić information content (AvgIpc) is 2.91. The number of hydrogen-bond acceptors (Lipinski definition) is 4. The Hall–Kier alpha value is -1.40. The summed E-state index contributed by atoms with van der Waals surface area (Å²) in [5.74, 6) is 0.0103. The maximum Gasteiger partial charge on any atom is 0.264 e. The predicted molar refractivity (Wildman–Crippen MR) is 70.5 cm³/mol. The highest BCUT2D eigenvalue weighted by molar-refractivity contribution is 7.12. The van der Waals surface area contributed by atoms with Gasteiger partial charge in [-0.05, 0) is 18.4 Å². The molecule has 2 amide bonds. The van der Waals surface area contributed by atoms with Gasteiger partial charge in [0.25, 0.3) is 5.91 Å². The van der Waals surface area contributed by atoms with Crippen LogP contribution in [0.25, 0.3) is 0 Å². The highest BCUT2D eigenvalue weighted by Gasteiger charge is 2.26. The number of carbonyl (C=O) groups excluding carboxylic acids is 2. The van der Waals surface area contributed by atoms with E-state index in [1.807, 2.05) is 17.5 Å². The van der Waals surface area contributed by atoms with E-state index < -0.39 is 6.04 Å². The molecule has 2 N–H and O–H groups in total. The molecule has 2 heterocycles. The van der Waals surface area contributed by atoms with Crippen LogP contribution in [-0.2, 0) is 4.79 Å². The summed E-state index contributed by atoms with van der Waals surface area (Å²) < 4.78 is 0. The first-order valence-corrected chi connectivity index (χ1v) is 6.84. The maximum absolute atomic E-state index is 12.1. The summed E-state index contributed by atoms with van der Waals surface area (Å²) in [7, 11) is 0. The first-order chi connectivity index (χ1) is 8.59. The van der Waals surface area contributed by atoms with Crippen LogP contribution in [0.15, 0.2) is 17.5 Å². The fraction of sp³-hybridized carbons (Fsp3) is 0.500. The van der Waals surface area contributed by atoms with Gasteiger partial charge in [-0.3, -0.25) is 9.59 Å². The van der Waals surface area contributed by atoms with Gasteiger partial charge in [0, 0.05) is 26.2 Å². The smallest absolute Gasteiger partial charge is 0.264 e. The van der Waals surface area contributed by atoms with Crippen LogP contribution in [0.1, 0.15) is 16.6 Å². The van der Waals surface area contributed by atoms with Crippen LogP contribution in [0.2, 0.25) is 0 Å². The van der Waals surface area contributed by atoms with Crippen molar-refractivity contribution in [1.29, 1.82) is 0 Å². The van der Waals surface area contributed by atoms with Gasteiger partial charge in [0.05, 0.1) is 10.9 Å². The molecule has 1 unspecified atom stereocenters. The van der Waals surface area contributed by atoms with Crippen LogP contribution >= 0.6 is 11.3 Å². The quantitative estimate of drug-likeness (QED) is 0.842. The van der Waals surface area contributed by atoms with Gasteiger partial charge in [-0.15, -0.1) is 11.3 Å². The van der Waals surface area contributed by atoms with E-state index in [0.717, 1.165) is 4.88 Å². The molecule has 0 bridgehead atoms. The molecule has 1 aromatic heterocycles. The van der Waals surface area contributed by atoms with Crippen molar-refractivity contribution in [3.63, 3.8) is 0 Å². The van der Waals surface area contributed by atoms with E-state index in [1.165, 1.54) is 11.3 Å². The fourth-order valence-corrected chi connectivity index (χ4v) is 2.66. The standard InChI is InChI=1S/C12H17N3O2S/c1-9(13)11(16)14-4-6-15(7-5-14)12(17)10-3-2-8-18-10/h2-3,8-9H,4-7,13H2,1H3. The Morgan fingerprint density at radius 1 is 1.28 bits per heavy atom. The van der Waals surface area contributed by atoms with Crippen LogP contribution in [0.5, 0.6) is 0 Å². The zero-order valence-corrected chi connectivity index (χ0v) is 11.2. The van der Waals surface area contributed by atoms with Crippen molar-refractivity contribution in [3.8, 4) is 0 Å². The van der Waals surface area contributed by atoms with Gasteiger partial charge in [0.2, 0.25) is 5.91 Å². The largest absolute Gasteiger partial charge is 0.338 e. The van der Waals surface area contributed by atoms with Crippen LogP contribution < -0.4 is 5.73 Å². The molecule has 1 saturated heterocycles. The van der Waals surface area contributed by atoms with E-state index in [1.54, 1.807) is 16.7 Å². The summed E-state index contributed by atoms with van der Waals surface area (Å²) >= 11 is 1.44. The molecule has 1 fully saturated rings. The van der Waals surface area contributed by atoms with Crippen molar-refractivity contribution in [2.45, 2.75) is 13.0 Å². The van der Waals surface area contributed by atoms with E-state index in [4.69, 9.17) is 5.73 Å². The van der Waals surface area contributed by atoms with Crippen molar-refractivity contribution in [3.05, 3.63) is 22.4 Å². The summed E-state index contributed by atoms with van der Waals surface area (Å²) in [5.41, 5.74) is 5.57. The van der Waals surface area contributed by atoms with Crippen LogP contribution in [-0.4, -0.2) is 53.8 Å². The Morgan fingerprint density at radius 2 is 1.89 bits per heavy atom. The number of nitrogens with two attached hydrogens (primary N) is 1. The Labute approximate surface area is 110 Å². The lowest BCUT2D eigenvalue weighted by molar-refractivity contribution is -0.133. The first-order valence-electron chi connectivity index (χ1n) is 5.96. The van der Waals surface area contributed by atoms with Crippen LogP contribution in [0.3, 0.4) is 0 Å². The minimum atomic E-state index is -0.468. The van der Waals surface area contributed by atoms with Gasteiger partial charge in [-0.1, -0.05) is 6.07 Å². The minimum absolute atomic E-state index is 0.0433. The van der Waals surface area contributed by atoms with E-state index in [-0.39, 0.29) is 11.8 Å². The van der Waals surface area contributed by atoms with Crippen molar-refractivity contribution < 1.29 is 9.59 Å². The predicted octanol–water partition coefficient (Wildman–Crippen LogP) is 0.380. The Bertz CT molecular complexity index is 423. The summed E-state index contributed by atoms with van der Waals surface area (Å²) in [6, 6.07) is 3.23. The summed E-state index contributed by atoms with van der Waals surface area (Å²) in [6.45, 7) is 3.98. The van der Waals surface area contributed by atoms with Gasteiger partial charge in [0.15, 0.2) is 0 Å². The Kier molecular flexibility index (Phi) is 3.98. The summed E-state index contributed by atoms with van der Waals surface area (Å²) in [4.78, 5) is 28.0. The van der Waals surface area contributed by atoms with Gasteiger partial charge < -0.3 is 15.5 Å². The van der Waals surface area contributed by atoms with Crippen molar-refractivity contribution >= 4 is 23.2 Å². The highest BCUT2D eigenvalue weighted by Crippen LogP contribution is 2.14. The zero-order valence-electron chi connectivity index (χ0n) is 10.3. The monoisotopic (exact) mass is 267 g/mol. The fourth-order valence-electron chi connectivity index (χ4n) is 1.97. The molecular weight excluding hydrogens is 250 g/mol. The number of rotatable bonds is 2. The van der Waals surface area contributed by atoms with E-state index >= 15 is 0 Å². The molecule has 1 aliphatic heterocycles. The van der Waals surface area contributed by atoms with Crippen molar-refractivity contribution in [2.75, 3.05) is 26.2 Å². The van der Waals surface area contributed by atoms with Crippen LogP contribution in [0, 0.1) is 0 Å². The van der Waals surface area contributed by atoms with Gasteiger partial charge in [-0.2, -0.15) is 0 Å². The summed E-state index contributed by atoms with van der Waals surface area (Å²) in [6.07, 6.45) is 0. The lowest BCUT2D eigenvalue weighted by atomic mass is 10.2. The van der Waals surface area contributed by atoms with Crippen molar-refractivity contribution in [1.82, 2.24) is 9.80 Å². The molecule has 5 nitrogen and oxygen atoms in total. The third kappa shape index (κ3) is 2.70. The van der Waals surface area contributed by atoms with Gasteiger partial charge in [-0.25, -0.2) is 0 Å². The number of thiophene rings is 1. The molecule has 98 valence electrons. The lowest BCUT2D eigenvalue weighted by Gasteiger charge is -2.35. The van der Waals surface area contributed by atoms with E-state index in [2.05, 4.69) is 0 Å². The first kappa shape index (κ1) is 13.0. The van der Waals surface area contributed by atoms with Crippen molar-refractivity contribution in [2.24, 2.45) is 5.73 Å². The SMILES string of the molecule is CC(N)C(=O)N1CCN(C(=O)c2cccs2)CC1. The molecule has 2 rings (SSSR count). The average molecular weight is 267 g/mol. The maximum atomic E-state index is 12.1. The number of nitrogens with zero attached hydrogens (tertiary/aromatic N) is 2. The third-order valence-electron chi connectivity index (χ3n) is 3.00. The molecular formula is C12H17N3O2S. The third-order valence-corrected chi connectivity index (χ3v) is 3.86. The van der Waals surface area contributed by atoms with E-state index in [0.29, 0.717) is 26.2 Å². The Morgan fingerprint density at radius 3 is 2.39 bits per heavy atom. The van der Waals surface area contributed by atoms with Gasteiger partial charge in [0.1, 0.15) is 0 Å². The molecule has 0 radical (unpaired) electrons. The second-order valence-electron chi connectivity index (χ2n) is 4.38. The number of piperazine rings is 1. The molecule has 18 heavy (non-hydrogen) atoms. The molecule has 0 spiro atoms. The molecule has 0 saturated carbocycles. The normalized spacial score (nSPS) is 17.7. The highest BCUT2D eigenvalue weighted by atomic mass is 32.1. The Balaban J connectivity index is 1.91. The molecule has 1 aliphatic rings. The summed E-state index contributed by atoms with van der Waals surface area (Å²) in [5, 5.41) is 1.89. The molecule has 6 heteroatoms. The molecule has 0 aliphatic carbocycles. The lowest BCUT2D eigenvalue weighted by Crippen LogP contribution is -2.53. The second kappa shape index (κ2) is 5.49. The van der Waals surface area contributed by atoms with E-state index in [9.17, 15) is 9.59 Å². The second-order valence-corrected chi connectivity index (χ2v) is 5.33. The molecule has 1 atom stereocenters. The zero-order chi connectivity index (χ0) is 13.1. The number of hydrogen-bond donors (Lipinski definition) is 1. The number of carbonyl (C=O) groups is 2. The number of amides is 2. The molecule has 0 aromatic carbocycles. The van der Waals surface area contributed by atoms with Crippen LogP contribution in [0.4, 0.5) is 0 Å². The topological polar surface area (TPSA) is 66.6 Å². The minimum Gasteiger partial charge on any atom is -0.338 e. The molecule has 1 aromatic rings. The van der Waals surface area contributed by atoms with Gasteiger partial charge >= 0.3 is 0 Å².